The molecule has 0 bridgehead atoms. The average Bonchev–Trinajstić information content (AvgIpc) is 3.28. The van der Waals surface area contributed by atoms with Crippen LogP contribution in [0.25, 0.3) is 66.8 Å². The van der Waals surface area contributed by atoms with Crippen molar-refractivity contribution in [1.82, 2.24) is 0 Å². The van der Waals surface area contributed by atoms with E-state index in [0.717, 1.165) is 17.1 Å². The van der Waals surface area contributed by atoms with Gasteiger partial charge in [0.25, 0.3) is 0 Å². The van der Waals surface area contributed by atoms with E-state index in [2.05, 4.69) is 241 Å². The summed E-state index contributed by atoms with van der Waals surface area (Å²) in [5.74, 6) is 0. The lowest BCUT2D eigenvalue weighted by molar-refractivity contribution is 1.28. The quantitative estimate of drug-likeness (QED) is 0.145. The predicted molar refractivity (Wildman–Crippen MR) is 234 cm³/mol. The molecule has 0 saturated heterocycles. The van der Waals surface area contributed by atoms with Crippen molar-refractivity contribution in [2.75, 3.05) is 4.90 Å². The van der Waals surface area contributed by atoms with E-state index in [1.807, 2.05) is 0 Å². The van der Waals surface area contributed by atoms with E-state index in [4.69, 9.17) is 0 Å². The largest absolute Gasteiger partial charge is 0.310 e. The topological polar surface area (TPSA) is 3.24 Å². The molecule has 9 rings (SSSR count). The number of rotatable bonds is 9. The maximum Gasteiger partial charge on any atom is 0.0473 e. The summed E-state index contributed by atoms with van der Waals surface area (Å²) in [6.45, 7) is 0. The monoisotopic (exact) mass is 701 g/mol. The Hall–Kier alpha value is -7.22. The van der Waals surface area contributed by atoms with Crippen molar-refractivity contribution in [1.29, 1.82) is 0 Å². The Morgan fingerprint density at radius 2 is 0.509 bits per heavy atom. The second kappa shape index (κ2) is 15.4. The van der Waals surface area contributed by atoms with Crippen LogP contribution in [0.2, 0.25) is 0 Å². The van der Waals surface area contributed by atoms with Crippen LogP contribution >= 0.6 is 0 Å². The molecule has 0 unspecified atom stereocenters. The second-order valence-corrected chi connectivity index (χ2v) is 13.8. The Morgan fingerprint density at radius 3 is 0.964 bits per heavy atom. The summed E-state index contributed by atoms with van der Waals surface area (Å²) >= 11 is 0. The van der Waals surface area contributed by atoms with Gasteiger partial charge in [0.05, 0.1) is 0 Å². The van der Waals surface area contributed by atoms with Gasteiger partial charge in [-0.3, -0.25) is 0 Å². The summed E-state index contributed by atoms with van der Waals surface area (Å²) in [6.07, 6.45) is 0. The van der Waals surface area contributed by atoms with E-state index in [9.17, 15) is 0 Å². The minimum atomic E-state index is 1.09. The molecule has 0 aromatic heterocycles. The Bertz CT molecular complexity index is 2580. The predicted octanol–water partition coefficient (Wildman–Crippen LogP) is 15.2. The van der Waals surface area contributed by atoms with Crippen molar-refractivity contribution in [3.63, 3.8) is 0 Å². The Labute approximate surface area is 324 Å². The zero-order valence-electron chi connectivity index (χ0n) is 30.5. The van der Waals surface area contributed by atoms with Crippen molar-refractivity contribution in [3.05, 3.63) is 237 Å². The minimum Gasteiger partial charge on any atom is -0.310 e. The molecule has 0 radical (unpaired) electrons. The van der Waals surface area contributed by atoms with Crippen LogP contribution in [0.3, 0.4) is 0 Å². The van der Waals surface area contributed by atoms with Gasteiger partial charge in [0.1, 0.15) is 0 Å². The molecule has 1 heteroatoms. The van der Waals surface area contributed by atoms with Gasteiger partial charge in [-0.2, -0.15) is 0 Å². The smallest absolute Gasteiger partial charge is 0.0473 e. The van der Waals surface area contributed by atoms with Gasteiger partial charge in [0.2, 0.25) is 0 Å². The summed E-state index contributed by atoms with van der Waals surface area (Å²) in [5, 5.41) is 0. The van der Waals surface area contributed by atoms with Crippen LogP contribution in [0.4, 0.5) is 17.1 Å². The molecule has 0 aliphatic rings. The molecule has 9 aromatic rings. The van der Waals surface area contributed by atoms with Gasteiger partial charge in [-0.1, -0.05) is 188 Å². The van der Waals surface area contributed by atoms with Gasteiger partial charge in [0.15, 0.2) is 0 Å². The molecular formula is C54H39N. The molecule has 260 valence electrons. The normalized spacial score (nSPS) is 10.9. The third-order valence-corrected chi connectivity index (χ3v) is 10.3. The first-order valence-corrected chi connectivity index (χ1v) is 18.8. The van der Waals surface area contributed by atoms with Crippen LogP contribution < -0.4 is 4.90 Å². The fourth-order valence-corrected chi connectivity index (χ4v) is 7.47. The lowest BCUT2D eigenvalue weighted by Gasteiger charge is -2.27. The molecule has 0 spiro atoms. The number of hydrogen-bond donors (Lipinski definition) is 0. The molecule has 0 saturated carbocycles. The van der Waals surface area contributed by atoms with Gasteiger partial charge in [-0.05, 0) is 115 Å². The highest BCUT2D eigenvalue weighted by molar-refractivity contribution is 5.89. The highest BCUT2D eigenvalue weighted by Gasteiger charge is 2.17. The third kappa shape index (κ3) is 7.25. The molecule has 9 aromatic carbocycles. The van der Waals surface area contributed by atoms with E-state index in [0.29, 0.717) is 0 Å². The van der Waals surface area contributed by atoms with Crippen LogP contribution in [0.5, 0.6) is 0 Å². The lowest BCUT2D eigenvalue weighted by Crippen LogP contribution is -2.10. The Morgan fingerprint density at radius 1 is 0.182 bits per heavy atom. The molecule has 0 fully saturated rings. The van der Waals surface area contributed by atoms with Gasteiger partial charge in [-0.25, -0.2) is 0 Å². The highest BCUT2D eigenvalue weighted by Crippen LogP contribution is 2.42. The van der Waals surface area contributed by atoms with Gasteiger partial charge in [-0.15, -0.1) is 0 Å². The molecule has 0 N–H and O–H groups in total. The first-order chi connectivity index (χ1) is 27.3. The van der Waals surface area contributed by atoms with Crippen molar-refractivity contribution in [3.8, 4) is 66.8 Å². The van der Waals surface area contributed by atoms with E-state index in [1.165, 1.54) is 66.8 Å². The number of benzene rings is 9. The van der Waals surface area contributed by atoms with Crippen molar-refractivity contribution >= 4 is 17.1 Å². The molecule has 1 nitrogen and oxygen atoms in total. The number of anilines is 3. The summed E-state index contributed by atoms with van der Waals surface area (Å²) in [4.78, 5) is 2.38. The standard InChI is InChI=1S/C54H39N/c1-6-16-40(17-7-1)44-26-31-50(32-27-44)55(52-37-48(42-20-10-3-11-21-42)36-49(38-52)43-22-12-4-13-23-43)51-33-28-46(29-34-51)53-35-30-47(41-18-8-2-9-19-41)39-54(53)45-24-14-5-15-25-45/h1-39H. The maximum atomic E-state index is 2.38. The van der Waals surface area contributed by atoms with Crippen molar-refractivity contribution < 1.29 is 0 Å². The van der Waals surface area contributed by atoms with Crippen molar-refractivity contribution in [2.45, 2.75) is 0 Å². The van der Waals surface area contributed by atoms with Crippen LogP contribution in [-0.4, -0.2) is 0 Å². The van der Waals surface area contributed by atoms with Crippen LogP contribution in [0, 0.1) is 0 Å². The Balaban J connectivity index is 1.18. The van der Waals surface area contributed by atoms with E-state index >= 15 is 0 Å². The molecule has 0 aliphatic heterocycles. The lowest BCUT2D eigenvalue weighted by atomic mass is 9.91. The molecule has 0 atom stereocenters. The van der Waals surface area contributed by atoms with Crippen LogP contribution in [-0.2, 0) is 0 Å². The third-order valence-electron chi connectivity index (χ3n) is 10.3. The molecule has 0 aliphatic carbocycles. The SMILES string of the molecule is c1ccc(-c2ccc(N(c3ccc(-c4ccc(-c5ccccc5)cc4-c4ccccc4)cc3)c3cc(-c4ccccc4)cc(-c4ccccc4)c3)cc2)cc1. The average molecular weight is 702 g/mol. The maximum absolute atomic E-state index is 2.38. The number of hydrogen-bond acceptors (Lipinski definition) is 1. The molecule has 55 heavy (non-hydrogen) atoms. The zero-order chi connectivity index (χ0) is 36.8. The molecule has 0 amide bonds. The highest BCUT2D eigenvalue weighted by atomic mass is 15.1. The van der Waals surface area contributed by atoms with Gasteiger partial charge < -0.3 is 4.90 Å². The van der Waals surface area contributed by atoms with E-state index in [1.54, 1.807) is 0 Å². The summed E-state index contributed by atoms with van der Waals surface area (Å²) in [5.41, 5.74) is 17.6. The van der Waals surface area contributed by atoms with Crippen LogP contribution in [0.1, 0.15) is 0 Å². The van der Waals surface area contributed by atoms with E-state index < -0.39 is 0 Å². The first kappa shape index (κ1) is 33.6. The summed E-state index contributed by atoms with van der Waals surface area (Å²) < 4.78 is 0. The summed E-state index contributed by atoms with van der Waals surface area (Å²) in [6, 6.07) is 85.0. The molecule has 0 heterocycles. The van der Waals surface area contributed by atoms with Crippen LogP contribution in [0.15, 0.2) is 237 Å². The summed E-state index contributed by atoms with van der Waals surface area (Å²) in [7, 11) is 0. The molecular weight excluding hydrogens is 663 g/mol. The van der Waals surface area contributed by atoms with Gasteiger partial charge in [0, 0.05) is 17.1 Å². The minimum absolute atomic E-state index is 1.09. The van der Waals surface area contributed by atoms with E-state index in [-0.39, 0.29) is 0 Å². The fraction of sp³-hybridized carbons (Fsp3) is 0. The van der Waals surface area contributed by atoms with Crippen molar-refractivity contribution in [2.24, 2.45) is 0 Å². The first-order valence-electron chi connectivity index (χ1n) is 18.8. The second-order valence-electron chi connectivity index (χ2n) is 13.8. The fourth-order valence-electron chi connectivity index (χ4n) is 7.47. The zero-order valence-corrected chi connectivity index (χ0v) is 30.5. The number of nitrogens with zero attached hydrogens (tertiary/aromatic N) is 1. The van der Waals surface area contributed by atoms with Gasteiger partial charge >= 0.3 is 0 Å². The Kier molecular flexibility index (Phi) is 9.41.